The zero-order chi connectivity index (χ0) is 14.2. The molecule has 21 heavy (non-hydrogen) atoms. The second-order valence-electron chi connectivity index (χ2n) is 5.41. The summed E-state index contributed by atoms with van der Waals surface area (Å²) in [6.45, 7) is 0. The predicted molar refractivity (Wildman–Crippen MR) is 86.8 cm³/mol. The summed E-state index contributed by atoms with van der Waals surface area (Å²) in [6, 6.07) is 16.6. The number of amides is 1. The minimum atomic E-state index is 0.0363. The maximum Gasteiger partial charge on any atom is 0.253 e. The normalized spacial score (nSPS) is 16.9. The Kier molecular flexibility index (Phi) is 3.00. The molecule has 0 fully saturated rings. The van der Waals surface area contributed by atoms with E-state index < -0.39 is 0 Å². The molecular formula is C18H15NOS. The van der Waals surface area contributed by atoms with Crippen molar-refractivity contribution >= 4 is 27.3 Å². The third-order valence-electron chi connectivity index (χ3n) is 4.16. The SMILES string of the molecule is O=C(NC1CCc2ccccc21)c1csc2ccccc12. The Balaban J connectivity index is 1.62. The maximum atomic E-state index is 12.6. The summed E-state index contributed by atoms with van der Waals surface area (Å²) in [4.78, 5) is 12.6. The summed E-state index contributed by atoms with van der Waals surface area (Å²) in [7, 11) is 0. The van der Waals surface area contributed by atoms with Gasteiger partial charge in [-0.3, -0.25) is 4.79 Å². The van der Waals surface area contributed by atoms with Gasteiger partial charge < -0.3 is 5.32 Å². The summed E-state index contributed by atoms with van der Waals surface area (Å²) in [5, 5.41) is 6.20. The van der Waals surface area contributed by atoms with E-state index in [-0.39, 0.29) is 11.9 Å². The fraction of sp³-hybridized carbons (Fsp3) is 0.167. The lowest BCUT2D eigenvalue weighted by Crippen LogP contribution is -2.26. The Morgan fingerprint density at radius 2 is 1.90 bits per heavy atom. The first-order valence-electron chi connectivity index (χ1n) is 7.18. The van der Waals surface area contributed by atoms with Gasteiger partial charge in [-0.25, -0.2) is 0 Å². The van der Waals surface area contributed by atoms with Gasteiger partial charge in [0, 0.05) is 15.5 Å². The molecule has 0 aliphatic heterocycles. The van der Waals surface area contributed by atoms with Gasteiger partial charge in [-0.2, -0.15) is 0 Å². The van der Waals surface area contributed by atoms with Crippen LogP contribution in [0, 0.1) is 0 Å². The van der Waals surface area contributed by atoms with Crippen LogP contribution in [-0.4, -0.2) is 5.91 Å². The summed E-state index contributed by atoms with van der Waals surface area (Å²) >= 11 is 1.62. The number of thiophene rings is 1. The number of fused-ring (bicyclic) bond motifs is 2. The minimum absolute atomic E-state index is 0.0363. The molecule has 3 heteroatoms. The highest BCUT2D eigenvalue weighted by molar-refractivity contribution is 7.17. The van der Waals surface area contributed by atoms with Crippen LogP contribution in [0.4, 0.5) is 0 Å². The Morgan fingerprint density at radius 3 is 2.86 bits per heavy atom. The Hall–Kier alpha value is -2.13. The number of benzene rings is 2. The van der Waals surface area contributed by atoms with Gasteiger partial charge in [-0.15, -0.1) is 11.3 Å². The van der Waals surface area contributed by atoms with Crippen molar-refractivity contribution in [1.29, 1.82) is 0 Å². The molecule has 0 spiro atoms. The summed E-state index contributed by atoms with van der Waals surface area (Å²) in [6.07, 6.45) is 2.04. The molecule has 0 saturated carbocycles. The van der Waals surface area contributed by atoms with Crippen molar-refractivity contribution in [2.75, 3.05) is 0 Å². The highest BCUT2D eigenvalue weighted by atomic mass is 32.1. The lowest BCUT2D eigenvalue weighted by atomic mass is 10.1. The van der Waals surface area contributed by atoms with Gasteiger partial charge in [0.1, 0.15) is 0 Å². The van der Waals surface area contributed by atoms with E-state index in [9.17, 15) is 4.79 Å². The third-order valence-corrected chi connectivity index (χ3v) is 5.13. The molecular weight excluding hydrogens is 278 g/mol. The van der Waals surface area contributed by atoms with Crippen molar-refractivity contribution in [1.82, 2.24) is 5.32 Å². The van der Waals surface area contributed by atoms with Crippen LogP contribution in [0.3, 0.4) is 0 Å². The van der Waals surface area contributed by atoms with Crippen molar-refractivity contribution in [2.45, 2.75) is 18.9 Å². The van der Waals surface area contributed by atoms with Crippen LogP contribution in [0.25, 0.3) is 10.1 Å². The number of nitrogens with one attached hydrogen (secondary N) is 1. The minimum Gasteiger partial charge on any atom is -0.345 e. The predicted octanol–water partition coefficient (Wildman–Crippen LogP) is 4.32. The van der Waals surface area contributed by atoms with E-state index in [4.69, 9.17) is 0 Å². The number of carbonyl (C=O) groups is 1. The Labute approximate surface area is 127 Å². The number of hydrogen-bond acceptors (Lipinski definition) is 2. The molecule has 0 saturated heterocycles. The van der Waals surface area contributed by atoms with E-state index >= 15 is 0 Å². The topological polar surface area (TPSA) is 29.1 Å². The van der Waals surface area contributed by atoms with Gasteiger partial charge in [0.05, 0.1) is 11.6 Å². The van der Waals surface area contributed by atoms with Crippen LogP contribution in [-0.2, 0) is 6.42 Å². The van der Waals surface area contributed by atoms with Crippen LogP contribution in [0.1, 0.15) is 33.9 Å². The third kappa shape index (κ3) is 2.14. The fourth-order valence-corrected chi connectivity index (χ4v) is 4.04. The lowest BCUT2D eigenvalue weighted by molar-refractivity contribution is 0.0939. The molecule has 0 bridgehead atoms. The van der Waals surface area contributed by atoms with E-state index in [1.165, 1.54) is 11.1 Å². The molecule has 4 rings (SSSR count). The summed E-state index contributed by atoms with van der Waals surface area (Å²) in [5.41, 5.74) is 3.42. The summed E-state index contributed by atoms with van der Waals surface area (Å²) < 4.78 is 1.16. The molecule has 1 aliphatic rings. The maximum absolute atomic E-state index is 12.6. The molecule has 1 heterocycles. The van der Waals surface area contributed by atoms with Gasteiger partial charge in [-0.05, 0) is 30.0 Å². The van der Waals surface area contributed by atoms with Crippen molar-refractivity contribution in [3.8, 4) is 0 Å². The van der Waals surface area contributed by atoms with Gasteiger partial charge in [0.25, 0.3) is 5.91 Å². The van der Waals surface area contributed by atoms with Crippen molar-refractivity contribution < 1.29 is 4.79 Å². The van der Waals surface area contributed by atoms with Crippen molar-refractivity contribution in [2.24, 2.45) is 0 Å². The van der Waals surface area contributed by atoms with E-state index in [0.717, 1.165) is 28.5 Å². The Bertz CT molecular complexity index is 821. The highest BCUT2D eigenvalue weighted by Crippen LogP contribution is 2.32. The average molecular weight is 293 g/mol. The number of hydrogen-bond donors (Lipinski definition) is 1. The van der Waals surface area contributed by atoms with Gasteiger partial charge in [0.2, 0.25) is 0 Å². The number of aryl methyl sites for hydroxylation is 1. The molecule has 1 N–H and O–H groups in total. The monoisotopic (exact) mass is 293 g/mol. The molecule has 1 aliphatic carbocycles. The number of rotatable bonds is 2. The Morgan fingerprint density at radius 1 is 1.10 bits per heavy atom. The van der Waals surface area contributed by atoms with E-state index in [1.54, 1.807) is 11.3 Å². The first-order chi connectivity index (χ1) is 10.3. The second-order valence-corrected chi connectivity index (χ2v) is 6.32. The first-order valence-corrected chi connectivity index (χ1v) is 8.06. The largest absolute Gasteiger partial charge is 0.345 e. The van der Waals surface area contributed by atoms with E-state index in [0.29, 0.717) is 0 Å². The van der Waals surface area contributed by atoms with Crippen molar-refractivity contribution in [3.63, 3.8) is 0 Å². The summed E-state index contributed by atoms with van der Waals surface area (Å²) in [5.74, 6) is 0.0363. The van der Waals surface area contributed by atoms with Crippen LogP contribution in [0.2, 0.25) is 0 Å². The molecule has 104 valence electrons. The van der Waals surface area contributed by atoms with Crippen LogP contribution in [0.5, 0.6) is 0 Å². The molecule has 2 nitrogen and oxygen atoms in total. The molecule has 1 atom stereocenters. The molecule has 3 aromatic rings. The first kappa shape index (κ1) is 12.6. The molecule has 1 unspecified atom stereocenters. The molecule has 1 amide bonds. The smallest absolute Gasteiger partial charge is 0.253 e. The van der Waals surface area contributed by atoms with Crippen LogP contribution in [0.15, 0.2) is 53.9 Å². The second kappa shape index (κ2) is 5.01. The molecule has 2 aromatic carbocycles. The average Bonchev–Trinajstić information content (AvgIpc) is 3.12. The molecule has 0 radical (unpaired) electrons. The molecule has 1 aromatic heterocycles. The lowest BCUT2D eigenvalue weighted by Gasteiger charge is -2.13. The standard InChI is InChI=1S/C18H15NOS/c20-18(15-11-21-17-8-4-3-7-14(15)17)19-16-10-9-12-5-1-2-6-13(12)16/h1-8,11,16H,9-10H2,(H,19,20). The van der Waals surface area contributed by atoms with E-state index in [1.807, 2.05) is 29.6 Å². The van der Waals surface area contributed by atoms with Gasteiger partial charge in [0.15, 0.2) is 0 Å². The van der Waals surface area contributed by atoms with Gasteiger partial charge in [-0.1, -0.05) is 42.5 Å². The van der Waals surface area contributed by atoms with Crippen LogP contribution >= 0.6 is 11.3 Å². The van der Waals surface area contributed by atoms with Crippen molar-refractivity contribution in [3.05, 3.63) is 70.6 Å². The number of carbonyl (C=O) groups excluding carboxylic acids is 1. The van der Waals surface area contributed by atoms with Gasteiger partial charge >= 0.3 is 0 Å². The fourth-order valence-electron chi connectivity index (χ4n) is 3.10. The zero-order valence-corrected chi connectivity index (χ0v) is 12.3. The zero-order valence-electron chi connectivity index (χ0n) is 11.5. The quantitative estimate of drug-likeness (QED) is 0.749. The highest BCUT2D eigenvalue weighted by Gasteiger charge is 2.24. The van der Waals surface area contributed by atoms with Crippen LogP contribution < -0.4 is 5.32 Å². The van der Waals surface area contributed by atoms with E-state index in [2.05, 4.69) is 29.6 Å².